The summed E-state index contributed by atoms with van der Waals surface area (Å²) in [6.45, 7) is 5.82. The molecule has 0 spiro atoms. The Morgan fingerprint density at radius 1 is 1.12 bits per heavy atom. The number of hydrogen-bond donors (Lipinski definition) is 0. The molecule has 1 aliphatic rings. The molecule has 0 bridgehead atoms. The zero-order valence-electron chi connectivity index (χ0n) is 14.5. The van der Waals surface area contributed by atoms with Gasteiger partial charge in [0.25, 0.3) is 0 Å². The van der Waals surface area contributed by atoms with E-state index in [1.807, 2.05) is 12.4 Å². The summed E-state index contributed by atoms with van der Waals surface area (Å²) in [7, 11) is 0. The van der Waals surface area contributed by atoms with E-state index >= 15 is 0 Å². The lowest BCUT2D eigenvalue weighted by Crippen LogP contribution is -2.41. The Morgan fingerprint density at radius 3 is 2.67 bits per heavy atom. The zero-order chi connectivity index (χ0) is 16.6. The van der Waals surface area contributed by atoms with Gasteiger partial charge in [0.05, 0.1) is 12.7 Å². The molecule has 128 valence electrons. The maximum Gasteiger partial charge on any atom is 0.127 e. The second kappa shape index (κ2) is 8.90. The Labute approximate surface area is 144 Å². The standard InChI is InChI=1S/C20H27N3O/c1-2-20-21-13-18(14-22-20)15-23-11-12-24-19(16-23)10-6-9-17-7-4-3-5-8-17/h3-5,7-8,13-14,19H,2,6,9-12,15-16H2,1H3/t19-/m1/s1. The van der Waals surface area contributed by atoms with Crippen LogP contribution in [0.3, 0.4) is 0 Å². The first kappa shape index (κ1) is 17.1. The van der Waals surface area contributed by atoms with E-state index in [4.69, 9.17) is 4.74 Å². The minimum atomic E-state index is 0.346. The molecule has 1 aromatic carbocycles. The van der Waals surface area contributed by atoms with Gasteiger partial charge < -0.3 is 4.74 Å². The summed E-state index contributed by atoms with van der Waals surface area (Å²) in [5, 5.41) is 0. The van der Waals surface area contributed by atoms with Crippen molar-refractivity contribution in [2.75, 3.05) is 19.7 Å². The first-order chi connectivity index (χ1) is 11.8. The molecule has 1 aromatic heterocycles. The average Bonchev–Trinajstić information content (AvgIpc) is 2.64. The van der Waals surface area contributed by atoms with Gasteiger partial charge in [0, 0.05) is 44.0 Å². The highest BCUT2D eigenvalue weighted by atomic mass is 16.5. The molecule has 4 heteroatoms. The number of nitrogens with zero attached hydrogens (tertiary/aromatic N) is 3. The molecule has 3 rings (SSSR count). The molecule has 0 amide bonds. The number of hydrogen-bond acceptors (Lipinski definition) is 4. The molecule has 2 heterocycles. The van der Waals surface area contributed by atoms with Gasteiger partial charge in [0.15, 0.2) is 0 Å². The number of ether oxygens (including phenoxy) is 1. The number of morpholine rings is 1. The van der Waals surface area contributed by atoms with E-state index in [0.29, 0.717) is 6.10 Å². The van der Waals surface area contributed by atoms with E-state index in [9.17, 15) is 0 Å². The lowest BCUT2D eigenvalue weighted by Gasteiger charge is -2.33. The number of aryl methyl sites for hydroxylation is 2. The van der Waals surface area contributed by atoms with Crippen LogP contribution in [0.25, 0.3) is 0 Å². The Balaban J connectivity index is 1.43. The first-order valence-electron chi connectivity index (χ1n) is 9.01. The van der Waals surface area contributed by atoms with E-state index in [0.717, 1.165) is 51.3 Å². The molecule has 0 saturated carbocycles. The number of rotatable bonds is 7. The summed E-state index contributed by atoms with van der Waals surface area (Å²) in [6, 6.07) is 10.7. The van der Waals surface area contributed by atoms with Gasteiger partial charge in [-0.3, -0.25) is 4.90 Å². The van der Waals surface area contributed by atoms with Crippen molar-refractivity contribution in [1.29, 1.82) is 0 Å². The molecule has 2 aromatic rings. The predicted molar refractivity (Wildman–Crippen MR) is 95.8 cm³/mol. The largest absolute Gasteiger partial charge is 0.376 e. The van der Waals surface area contributed by atoms with Crippen molar-refractivity contribution in [3.63, 3.8) is 0 Å². The summed E-state index contributed by atoms with van der Waals surface area (Å²) in [5.41, 5.74) is 2.61. The van der Waals surface area contributed by atoms with Crippen molar-refractivity contribution in [3.8, 4) is 0 Å². The molecule has 1 fully saturated rings. The summed E-state index contributed by atoms with van der Waals surface area (Å²) >= 11 is 0. The Kier molecular flexibility index (Phi) is 6.33. The second-order valence-electron chi connectivity index (χ2n) is 6.47. The minimum absolute atomic E-state index is 0.346. The molecule has 24 heavy (non-hydrogen) atoms. The molecule has 0 radical (unpaired) electrons. The van der Waals surface area contributed by atoms with Gasteiger partial charge in [-0.25, -0.2) is 9.97 Å². The summed E-state index contributed by atoms with van der Waals surface area (Å²) in [6.07, 6.45) is 8.59. The van der Waals surface area contributed by atoms with Crippen LogP contribution in [0.2, 0.25) is 0 Å². The monoisotopic (exact) mass is 325 g/mol. The Bertz CT molecular complexity index is 600. The van der Waals surface area contributed by atoms with Crippen molar-refractivity contribution in [2.45, 2.75) is 45.3 Å². The van der Waals surface area contributed by atoms with Gasteiger partial charge in [-0.15, -0.1) is 0 Å². The van der Waals surface area contributed by atoms with Gasteiger partial charge >= 0.3 is 0 Å². The van der Waals surface area contributed by atoms with Crippen LogP contribution in [-0.4, -0.2) is 40.7 Å². The highest BCUT2D eigenvalue weighted by Crippen LogP contribution is 2.15. The van der Waals surface area contributed by atoms with Gasteiger partial charge in [0.2, 0.25) is 0 Å². The maximum atomic E-state index is 5.95. The molecule has 4 nitrogen and oxygen atoms in total. The van der Waals surface area contributed by atoms with Crippen molar-refractivity contribution in [1.82, 2.24) is 14.9 Å². The van der Waals surface area contributed by atoms with E-state index in [1.54, 1.807) is 0 Å². The van der Waals surface area contributed by atoms with Gasteiger partial charge in [-0.1, -0.05) is 37.3 Å². The third-order valence-corrected chi connectivity index (χ3v) is 4.54. The van der Waals surface area contributed by atoms with Gasteiger partial charge in [-0.05, 0) is 24.8 Å². The second-order valence-corrected chi connectivity index (χ2v) is 6.47. The first-order valence-corrected chi connectivity index (χ1v) is 9.01. The maximum absolute atomic E-state index is 5.95. The predicted octanol–water partition coefficient (Wildman–Crippen LogP) is 3.26. The fourth-order valence-electron chi connectivity index (χ4n) is 3.18. The van der Waals surface area contributed by atoms with Crippen molar-refractivity contribution < 1.29 is 4.74 Å². The van der Waals surface area contributed by atoms with E-state index < -0.39 is 0 Å². The van der Waals surface area contributed by atoms with E-state index in [2.05, 4.69) is 52.1 Å². The average molecular weight is 325 g/mol. The SMILES string of the molecule is CCc1ncc(CN2CCO[C@H](CCCc3ccccc3)C2)cn1. The van der Waals surface area contributed by atoms with Crippen LogP contribution in [-0.2, 0) is 24.1 Å². The van der Waals surface area contributed by atoms with Crippen LogP contribution in [0.5, 0.6) is 0 Å². The zero-order valence-corrected chi connectivity index (χ0v) is 14.5. The molecular weight excluding hydrogens is 298 g/mol. The fraction of sp³-hybridized carbons (Fsp3) is 0.500. The van der Waals surface area contributed by atoms with Gasteiger partial charge in [-0.2, -0.15) is 0 Å². The summed E-state index contributed by atoms with van der Waals surface area (Å²) in [5.74, 6) is 0.916. The van der Waals surface area contributed by atoms with Gasteiger partial charge in [0.1, 0.15) is 5.82 Å². The fourth-order valence-corrected chi connectivity index (χ4v) is 3.18. The topological polar surface area (TPSA) is 38.2 Å². The quantitative estimate of drug-likeness (QED) is 0.783. The number of benzene rings is 1. The molecule has 1 aliphatic heterocycles. The van der Waals surface area contributed by atoms with Crippen LogP contribution in [0.4, 0.5) is 0 Å². The Morgan fingerprint density at radius 2 is 1.92 bits per heavy atom. The number of aromatic nitrogens is 2. The third-order valence-electron chi connectivity index (χ3n) is 4.54. The highest BCUT2D eigenvalue weighted by Gasteiger charge is 2.20. The minimum Gasteiger partial charge on any atom is -0.376 e. The summed E-state index contributed by atoms with van der Waals surface area (Å²) in [4.78, 5) is 11.3. The molecule has 1 saturated heterocycles. The smallest absolute Gasteiger partial charge is 0.127 e. The van der Waals surface area contributed by atoms with Crippen LogP contribution in [0.1, 0.15) is 36.7 Å². The van der Waals surface area contributed by atoms with Crippen molar-refractivity contribution in [2.24, 2.45) is 0 Å². The molecule has 1 atom stereocenters. The molecule has 0 N–H and O–H groups in total. The van der Waals surface area contributed by atoms with Crippen molar-refractivity contribution >= 4 is 0 Å². The molecule has 0 aliphatic carbocycles. The normalized spacial score (nSPS) is 18.6. The lowest BCUT2D eigenvalue weighted by atomic mass is 10.0. The van der Waals surface area contributed by atoms with Crippen LogP contribution < -0.4 is 0 Å². The van der Waals surface area contributed by atoms with E-state index in [1.165, 1.54) is 17.5 Å². The molecular formula is C20H27N3O. The van der Waals surface area contributed by atoms with Crippen molar-refractivity contribution in [3.05, 3.63) is 59.7 Å². The third kappa shape index (κ3) is 5.11. The Hall–Kier alpha value is -1.78. The lowest BCUT2D eigenvalue weighted by molar-refractivity contribution is -0.0355. The molecule has 0 unspecified atom stereocenters. The van der Waals surface area contributed by atoms with Crippen LogP contribution >= 0.6 is 0 Å². The van der Waals surface area contributed by atoms with E-state index in [-0.39, 0.29) is 0 Å². The summed E-state index contributed by atoms with van der Waals surface area (Å²) < 4.78 is 5.95. The van der Waals surface area contributed by atoms with Crippen LogP contribution in [0, 0.1) is 0 Å². The van der Waals surface area contributed by atoms with Crippen LogP contribution in [0.15, 0.2) is 42.7 Å². The highest BCUT2D eigenvalue weighted by molar-refractivity contribution is 5.14.